The SMILES string of the molecule is CC(CCC(C)(C)OCCC(C)(C)N)C(=O)OC(C)(C)CC(C)(C)C(C)(C)C. The molecule has 168 valence electrons. The lowest BCUT2D eigenvalue weighted by molar-refractivity contribution is -0.166. The number of hydrogen-bond donors (Lipinski definition) is 1. The van der Waals surface area contributed by atoms with Crippen LogP contribution in [0.5, 0.6) is 0 Å². The molecule has 0 heterocycles. The molecule has 0 rings (SSSR count). The van der Waals surface area contributed by atoms with E-state index >= 15 is 0 Å². The first-order valence-corrected chi connectivity index (χ1v) is 10.8. The van der Waals surface area contributed by atoms with Gasteiger partial charge in [0.25, 0.3) is 0 Å². The van der Waals surface area contributed by atoms with Crippen LogP contribution in [0, 0.1) is 16.7 Å². The van der Waals surface area contributed by atoms with Crippen molar-refractivity contribution in [2.75, 3.05) is 6.61 Å². The van der Waals surface area contributed by atoms with Gasteiger partial charge in [-0.15, -0.1) is 0 Å². The molecule has 0 spiro atoms. The van der Waals surface area contributed by atoms with Crippen LogP contribution in [0.3, 0.4) is 0 Å². The molecule has 1 unspecified atom stereocenters. The van der Waals surface area contributed by atoms with Gasteiger partial charge in [0.1, 0.15) is 5.60 Å². The molecule has 0 radical (unpaired) electrons. The Morgan fingerprint density at radius 1 is 0.857 bits per heavy atom. The van der Waals surface area contributed by atoms with E-state index in [0.717, 1.165) is 25.7 Å². The Kier molecular flexibility index (Phi) is 9.26. The number of carbonyl (C=O) groups is 1. The largest absolute Gasteiger partial charge is 0.459 e. The Morgan fingerprint density at radius 2 is 1.36 bits per heavy atom. The van der Waals surface area contributed by atoms with Crippen LogP contribution in [0.15, 0.2) is 0 Å². The molecule has 0 amide bonds. The number of esters is 1. The van der Waals surface area contributed by atoms with E-state index in [4.69, 9.17) is 15.2 Å². The molecule has 0 aliphatic rings. The van der Waals surface area contributed by atoms with Gasteiger partial charge in [0.2, 0.25) is 0 Å². The molecule has 4 nitrogen and oxygen atoms in total. The van der Waals surface area contributed by atoms with Crippen LogP contribution in [-0.2, 0) is 14.3 Å². The van der Waals surface area contributed by atoms with E-state index in [1.54, 1.807) is 0 Å². The molecule has 0 aromatic heterocycles. The highest BCUT2D eigenvalue weighted by Crippen LogP contribution is 2.44. The fourth-order valence-corrected chi connectivity index (χ4v) is 3.08. The second kappa shape index (κ2) is 9.47. The number of nitrogens with two attached hydrogens (primary N) is 1. The van der Waals surface area contributed by atoms with Crippen LogP contribution in [0.4, 0.5) is 0 Å². The van der Waals surface area contributed by atoms with Crippen molar-refractivity contribution in [1.82, 2.24) is 0 Å². The summed E-state index contributed by atoms with van der Waals surface area (Å²) in [4.78, 5) is 12.7. The van der Waals surface area contributed by atoms with E-state index in [-0.39, 0.29) is 33.9 Å². The van der Waals surface area contributed by atoms with Crippen LogP contribution in [-0.4, -0.2) is 29.3 Å². The average molecular weight is 400 g/mol. The van der Waals surface area contributed by atoms with Gasteiger partial charge >= 0.3 is 5.97 Å². The van der Waals surface area contributed by atoms with Crippen molar-refractivity contribution in [2.24, 2.45) is 22.5 Å². The minimum Gasteiger partial charge on any atom is -0.459 e. The van der Waals surface area contributed by atoms with E-state index in [2.05, 4.69) is 48.5 Å². The molecule has 4 heteroatoms. The molecular formula is C24H49NO3. The van der Waals surface area contributed by atoms with Crippen LogP contribution in [0.25, 0.3) is 0 Å². The van der Waals surface area contributed by atoms with Crippen molar-refractivity contribution < 1.29 is 14.3 Å². The van der Waals surface area contributed by atoms with E-state index < -0.39 is 5.60 Å². The van der Waals surface area contributed by atoms with Crippen molar-refractivity contribution in [1.29, 1.82) is 0 Å². The minimum atomic E-state index is -0.485. The summed E-state index contributed by atoms with van der Waals surface area (Å²) in [5.41, 5.74) is 5.24. The highest BCUT2D eigenvalue weighted by molar-refractivity contribution is 5.72. The Hall–Kier alpha value is -0.610. The predicted octanol–water partition coefficient (Wildman–Crippen LogP) is 6.11. The van der Waals surface area contributed by atoms with Crippen LogP contribution in [0.1, 0.15) is 109 Å². The lowest BCUT2D eigenvalue weighted by atomic mass is 9.64. The first kappa shape index (κ1) is 27.4. The fraction of sp³-hybridized carbons (Fsp3) is 0.958. The smallest absolute Gasteiger partial charge is 0.309 e. The zero-order valence-electron chi connectivity index (χ0n) is 20.9. The minimum absolute atomic E-state index is 0.0621. The average Bonchev–Trinajstić information content (AvgIpc) is 2.39. The van der Waals surface area contributed by atoms with Crippen molar-refractivity contribution in [3.05, 3.63) is 0 Å². The summed E-state index contributed by atoms with van der Waals surface area (Å²) in [6.45, 7) is 26.0. The Bertz CT molecular complexity index is 493. The third kappa shape index (κ3) is 10.8. The Balaban J connectivity index is 4.62. The van der Waals surface area contributed by atoms with Crippen LogP contribution in [0.2, 0.25) is 0 Å². The maximum atomic E-state index is 12.7. The summed E-state index contributed by atoms with van der Waals surface area (Å²) in [5.74, 6) is -0.264. The predicted molar refractivity (Wildman–Crippen MR) is 119 cm³/mol. The van der Waals surface area contributed by atoms with Gasteiger partial charge in [-0.2, -0.15) is 0 Å². The molecule has 0 aromatic rings. The van der Waals surface area contributed by atoms with E-state index in [1.807, 2.05) is 34.6 Å². The topological polar surface area (TPSA) is 61.5 Å². The van der Waals surface area contributed by atoms with E-state index in [9.17, 15) is 4.79 Å². The zero-order valence-corrected chi connectivity index (χ0v) is 20.9. The van der Waals surface area contributed by atoms with Crippen molar-refractivity contribution in [3.8, 4) is 0 Å². The van der Waals surface area contributed by atoms with Gasteiger partial charge in [0.15, 0.2) is 0 Å². The highest BCUT2D eigenvalue weighted by atomic mass is 16.6. The highest BCUT2D eigenvalue weighted by Gasteiger charge is 2.40. The standard InChI is InChI=1S/C24H49NO3/c1-18(13-14-23(9,10)27-16-15-22(7,8)25)19(26)28-24(11,12)17-21(5,6)20(2,3)4/h18H,13-17,25H2,1-12H3. The number of hydrogen-bond acceptors (Lipinski definition) is 4. The summed E-state index contributed by atoms with van der Waals surface area (Å²) >= 11 is 0. The van der Waals surface area contributed by atoms with Gasteiger partial charge in [-0.05, 0) is 78.1 Å². The first-order valence-electron chi connectivity index (χ1n) is 10.8. The van der Waals surface area contributed by atoms with E-state index in [1.165, 1.54) is 0 Å². The van der Waals surface area contributed by atoms with Gasteiger partial charge in [-0.25, -0.2) is 0 Å². The second-order valence-electron chi connectivity index (χ2n) is 12.3. The molecule has 0 saturated heterocycles. The van der Waals surface area contributed by atoms with Gasteiger partial charge in [0.05, 0.1) is 11.5 Å². The molecule has 0 aromatic carbocycles. The maximum Gasteiger partial charge on any atom is 0.309 e. The van der Waals surface area contributed by atoms with Gasteiger partial charge in [-0.1, -0.05) is 41.5 Å². The second-order valence-corrected chi connectivity index (χ2v) is 12.3. The lowest BCUT2D eigenvalue weighted by Gasteiger charge is -2.43. The van der Waals surface area contributed by atoms with Crippen molar-refractivity contribution >= 4 is 5.97 Å². The number of rotatable bonds is 11. The van der Waals surface area contributed by atoms with Gasteiger partial charge in [0, 0.05) is 12.1 Å². The molecule has 0 fully saturated rings. The van der Waals surface area contributed by atoms with Gasteiger partial charge in [-0.3, -0.25) is 4.79 Å². The molecule has 0 aliphatic heterocycles. The van der Waals surface area contributed by atoms with Crippen molar-refractivity contribution in [3.63, 3.8) is 0 Å². The van der Waals surface area contributed by atoms with Crippen LogP contribution >= 0.6 is 0 Å². The Labute approximate surface area is 175 Å². The first-order chi connectivity index (χ1) is 12.2. The van der Waals surface area contributed by atoms with Crippen LogP contribution < -0.4 is 5.73 Å². The Morgan fingerprint density at radius 3 is 1.79 bits per heavy atom. The normalized spacial score (nSPS) is 15.5. The zero-order chi connectivity index (χ0) is 22.6. The molecule has 0 bridgehead atoms. The summed E-state index contributed by atoms with van der Waals surface area (Å²) < 4.78 is 11.9. The third-order valence-corrected chi connectivity index (χ3v) is 6.10. The molecule has 1 atom stereocenters. The van der Waals surface area contributed by atoms with E-state index in [0.29, 0.717) is 6.61 Å². The molecular weight excluding hydrogens is 350 g/mol. The number of ether oxygens (including phenoxy) is 2. The summed E-state index contributed by atoms with van der Waals surface area (Å²) in [6.07, 6.45) is 3.19. The molecule has 2 N–H and O–H groups in total. The van der Waals surface area contributed by atoms with Crippen molar-refractivity contribution in [2.45, 2.75) is 126 Å². The molecule has 28 heavy (non-hydrogen) atoms. The number of carbonyl (C=O) groups excluding carboxylic acids is 1. The quantitative estimate of drug-likeness (QED) is 0.426. The monoisotopic (exact) mass is 399 g/mol. The summed E-state index contributed by atoms with van der Waals surface area (Å²) in [5, 5.41) is 0. The van der Waals surface area contributed by atoms with Gasteiger partial charge < -0.3 is 15.2 Å². The lowest BCUT2D eigenvalue weighted by Crippen LogP contribution is -2.41. The summed E-state index contributed by atoms with van der Waals surface area (Å²) in [6, 6.07) is 0. The maximum absolute atomic E-state index is 12.7. The third-order valence-electron chi connectivity index (χ3n) is 6.10. The molecule has 0 saturated carbocycles. The molecule has 0 aliphatic carbocycles. The fourth-order valence-electron chi connectivity index (χ4n) is 3.08. The summed E-state index contributed by atoms with van der Waals surface area (Å²) in [7, 11) is 0.